The van der Waals surface area contributed by atoms with Crippen LogP contribution in [0.3, 0.4) is 0 Å². The van der Waals surface area contributed by atoms with Crippen LogP contribution in [0.5, 0.6) is 5.88 Å². The van der Waals surface area contributed by atoms with Gasteiger partial charge in [0, 0.05) is 32.8 Å². The molecule has 1 aliphatic heterocycles. The van der Waals surface area contributed by atoms with Gasteiger partial charge >= 0.3 is 6.03 Å². The number of aromatic nitrogens is 4. The minimum absolute atomic E-state index is 0.0484. The molecule has 1 atom stereocenters. The number of hydrogen-bond acceptors (Lipinski definition) is 8. The fraction of sp³-hybridized carbons (Fsp3) is 0.471. The highest BCUT2D eigenvalue weighted by atomic mass is 19.3. The molecule has 29 heavy (non-hydrogen) atoms. The first-order valence-electron chi connectivity index (χ1n) is 9.00. The number of nitrogens with one attached hydrogen (secondary N) is 1. The molecule has 156 valence electrons. The highest BCUT2D eigenvalue weighted by Crippen LogP contribution is 2.33. The van der Waals surface area contributed by atoms with E-state index in [4.69, 9.17) is 10.5 Å². The van der Waals surface area contributed by atoms with Crippen molar-refractivity contribution in [3.8, 4) is 5.88 Å². The molecule has 0 aromatic carbocycles. The molecule has 0 aliphatic carbocycles. The van der Waals surface area contributed by atoms with E-state index in [9.17, 15) is 13.6 Å². The molecule has 1 fully saturated rings. The number of nitrogens with two attached hydrogens (primary N) is 1. The van der Waals surface area contributed by atoms with Gasteiger partial charge in [-0.05, 0) is 13.0 Å². The summed E-state index contributed by atoms with van der Waals surface area (Å²) >= 11 is 0. The van der Waals surface area contributed by atoms with Gasteiger partial charge in [-0.3, -0.25) is 5.32 Å². The van der Waals surface area contributed by atoms with Crippen LogP contribution in [-0.2, 0) is 0 Å². The zero-order chi connectivity index (χ0) is 21.0. The van der Waals surface area contributed by atoms with Crippen LogP contribution in [0.15, 0.2) is 24.7 Å². The van der Waals surface area contributed by atoms with E-state index in [2.05, 4.69) is 25.3 Å². The third kappa shape index (κ3) is 4.76. The van der Waals surface area contributed by atoms with Crippen molar-refractivity contribution in [3.63, 3.8) is 0 Å². The average Bonchev–Trinajstić information content (AvgIpc) is 2.69. The van der Waals surface area contributed by atoms with Crippen LogP contribution in [0.2, 0.25) is 0 Å². The Hall–Kier alpha value is -3.31. The van der Waals surface area contributed by atoms with Crippen LogP contribution < -0.4 is 20.7 Å². The number of rotatable bonds is 5. The number of amides is 2. The number of alkyl halides is 2. The van der Waals surface area contributed by atoms with Gasteiger partial charge in [0.2, 0.25) is 11.8 Å². The van der Waals surface area contributed by atoms with Crippen LogP contribution in [0.1, 0.15) is 13.3 Å². The molecule has 12 heteroatoms. The van der Waals surface area contributed by atoms with Gasteiger partial charge in [0.25, 0.3) is 5.92 Å². The van der Waals surface area contributed by atoms with Crippen molar-refractivity contribution >= 4 is 23.6 Å². The second kappa shape index (κ2) is 8.37. The molecule has 3 rings (SSSR count). The molecule has 3 heterocycles. The van der Waals surface area contributed by atoms with Crippen LogP contribution in [0, 0.1) is 0 Å². The number of piperidine rings is 1. The first-order chi connectivity index (χ1) is 13.8. The Labute approximate surface area is 166 Å². The van der Waals surface area contributed by atoms with Crippen molar-refractivity contribution in [3.05, 3.63) is 24.7 Å². The van der Waals surface area contributed by atoms with Crippen LogP contribution in [0.25, 0.3) is 0 Å². The van der Waals surface area contributed by atoms with Gasteiger partial charge in [-0.1, -0.05) is 0 Å². The number of urea groups is 1. The fourth-order valence-electron chi connectivity index (χ4n) is 2.93. The standard InChI is InChI=1S/C17H22F2N8O2/c1-3-29-14-9-22-13(8-23-14)25-16(28)26(2)11-10-27(7-5-17(11,18)19)15-21-6-4-12(20)24-15/h4,6,8-9,11H,3,5,7,10H2,1-2H3,(H2,20,21,24)(H,22,25,28). The first kappa shape index (κ1) is 20.4. The molecule has 0 bridgehead atoms. The van der Waals surface area contributed by atoms with E-state index in [1.54, 1.807) is 11.8 Å². The molecular weight excluding hydrogens is 386 g/mol. The molecule has 0 radical (unpaired) electrons. The zero-order valence-electron chi connectivity index (χ0n) is 16.0. The Bertz CT molecular complexity index is 852. The topological polar surface area (TPSA) is 122 Å². The van der Waals surface area contributed by atoms with E-state index in [1.165, 1.54) is 31.7 Å². The largest absolute Gasteiger partial charge is 0.477 e. The van der Waals surface area contributed by atoms with Crippen molar-refractivity contribution in [1.29, 1.82) is 0 Å². The lowest BCUT2D eigenvalue weighted by molar-refractivity contribution is -0.0760. The maximum absolute atomic E-state index is 14.6. The molecule has 0 spiro atoms. The lowest BCUT2D eigenvalue weighted by Gasteiger charge is -2.42. The van der Waals surface area contributed by atoms with Gasteiger partial charge in [-0.25, -0.2) is 28.5 Å². The Morgan fingerprint density at radius 3 is 2.86 bits per heavy atom. The van der Waals surface area contributed by atoms with E-state index >= 15 is 0 Å². The monoisotopic (exact) mass is 408 g/mol. The number of likely N-dealkylation sites (N-methyl/N-ethyl adjacent to an activating group) is 1. The molecule has 10 nitrogen and oxygen atoms in total. The van der Waals surface area contributed by atoms with Crippen molar-refractivity contribution < 1.29 is 18.3 Å². The lowest BCUT2D eigenvalue weighted by atomic mass is 10.00. The van der Waals surface area contributed by atoms with Crippen molar-refractivity contribution in [2.24, 2.45) is 0 Å². The molecule has 1 aliphatic rings. The fourth-order valence-corrected chi connectivity index (χ4v) is 2.93. The molecule has 2 aromatic rings. The number of nitrogen functional groups attached to an aromatic ring is 1. The first-order valence-corrected chi connectivity index (χ1v) is 9.00. The van der Waals surface area contributed by atoms with Gasteiger partial charge in [-0.2, -0.15) is 4.98 Å². The number of hydrogen-bond donors (Lipinski definition) is 2. The summed E-state index contributed by atoms with van der Waals surface area (Å²) in [6.45, 7) is 2.13. The normalized spacial score (nSPS) is 18.2. The van der Waals surface area contributed by atoms with Gasteiger partial charge in [0.05, 0.1) is 19.0 Å². The van der Waals surface area contributed by atoms with E-state index in [0.717, 1.165) is 4.90 Å². The summed E-state index contributed by atoms with van der Waals surface area (Å²) in [4.78, 5) is 31.2. The minimum Gasteiger partial charge on any atom is -0.477 e. The summed E-state index contributed by atoms with van der Waals surface area (Å²) in [5, 5.41) is 2.46. The minimum atomic E-state index is -3.08. The van der Waals surface area contributed by atoms with E-state index in [-0.39, 0.29) is 30.7 Å². The number of halogens is 2. The summed E-state index contributed by atoms with van der Waals surface area (Å²) in [5.41, 5.74) is 5.65. The number of carbonyl (C=O) groups excluding carboxylic acids is 1. The van der Waals surface area contributed by atoms with E-state index in [1.807, 2.05) is 0 Å². The van der Waals surface area contributed by atoms with Gasteiger partial charge < -0.3 is 20.3 Å². The molecule has 1 saturated heterocycles. The predicted molar refractivity (Wildman–Crippen MR) is 102 cm³/mol. The Kier molecular flexibility index (Phi) is 5.89. The average molecular weight is 408 g/mol. The Balaban J connectivity index is 1.70. The SMILES string of the molecule is CCOc1cnc(NC(=O)N(C)C2CN(c3nccc(N)n3)CCC2(F)F)cn1. The van der Waals surface area contributed by atoms with Crippen molar-refractivity contribution in [2.45, 2.75) is 25.3 Å². The zero-order valence-corrected chi connectivity index (χ0v) is 16.0. The smallest absolute Gasteiger partial charge is 0.323 e. The molecule has 0 saturated carbocycles. The van der Waals surface area contributed by atoms with Crippen molar-refractivity contribution in [2.75, 3.05) is 42.7 Å². The van der Waals surface area contributed by atoms with Crippen LogP contribution in [-0.4, -0.2) is 69.6 Å². The quantitative estimate of drug-likeness (QED) is 0.765. The number of ether oxygens (including phenoxy) is 1. The Morgan fingerprint density at radius 2 is 2.21 bits per heavy atom. The summed E-state index contributed by atoms with van der Waals surface area (Å²) in [7, 11) is 1.31. The van der Waals surface area contributed by atoms with Gasteiger partial charge in [0.15, 0.2) is 5.82 Å². The number of carbonyl (C=O) groups is 1. The van der Waals surface area contributed by atoms with Gasteiger partial charge in [-0.15, -0.1) is 0 Å². The van der Waals surface area contributed by atoms with Gasteiger partial charge in [0.1, 0.15) is 11.9 Å². The molecule has 1 unspecified atom stereocenters. The second-order valence-corrected chi connectivity index (χ2v) is 6.47. The predicted octanol–water partition coefficient (Wildman–Crippen LogP) is 1.63. The maximum Gasteiger partial charge on any atom is 0.323 e. The third-order valence-corrected chi connectivity index (χ3v) is 4.49. The van der Waals surface area contributed by atoms with Crippen LogP contribution in [0.4, 0.5) is 31.2 Å². The van der Waals surface area contributed by atoms with Crippen LogP contribution >= 0.6 is 0 Å². The summed E-state index contributed by atoms with van der Waals surface area (Å²) in [6.07, 6.45) is 3.65. The molecule has 2 aromatic heterocycles. The molecule has 3 N–H and O–H groups in total. The Morgan fingerprint density at radius 1 is 1.41 bits per heavy atom. The molecular formula is C17H22F2N8O2. The highest BCUT2D eigenvalue weighted by Gasteiger charge is 2.48. The number of nitrogens with zero attached hydrogens (tertiary/aromatic N) is 6. The highest BCUT2D eigenvalue weighted by molar-refractivity contribution is 5.88. The summed E-state index contributed by atoms with van der Waals surface area (Å²) < 4.78 is 34.3. The lowest BCUT2D eigenvalue weighted by Crippen LogP contribution is -2.60. The summed E-state index contributed by atoms with van der Waals surface area (Å²) in [6, 6.07) is -0.614. The molecule has 2 amide bonds. The third-order valence-electron chi connectivity index (χ3n) is 4.49. The number of anilines is 3. The van der Waals surface area contributed by atoms with Crippen molar-refractivity contribution in [1.82, 2.24) is 24.8 Å². The van der Waals surface area contributed by atoms with E-state index < -0.39 is 24.4 Å². The second-order valence-electron chi connectivity index (χ2n) is 6.47. The van der Waals surface area contributed by atoms with E-state index in [0.29, 0.717) is 12.5 Å². The maximum atomic E-state index is 14.6. The summed E-state index contributed by atoms with van der Waals surface area (Å²) in [5.74, 6) is -2.16.